The van der Waals surface area contributed by atoms with Crippen molar-refractivity contribution in [2.75, 3.05) is 14.1 Å². The summed E-state index contributed by atoms with van der Waals surface area (Å²) in [7, 11) is 3.37. The fourth-order valence-corrected chi connectivity index (χ4v) is 1.24. The molecule has 7 heteroatoms. The second kappa shape index (κ2) is 4.80. The molecule has 0 aromatic heterocycles. The van der Waals surface area contributed by atoms with Gasteiger partial charge in [-0.1, -0.05) is 11.6 Å². The number of nitrogens with zero attached hydrogens (tertiary/aromatic N) is 3. The van der Waals surface area contributed by atoms with E-state index in [-0.39, 0.29) is 10.6 Å². The maximum absolute atomic E-state index is 10.6. The Morgan fingerprint density at radius 3 is 2.69 bits per heavy atom. The van der Waals surface area contributed by atoms with Crippen molar-refractivity contribution in [3.63, 3.8) is 0 Å². The monoisotopic (exact) mass is 243 g/mol. The van der Waals surface area contributed by atoms with Gasteiger partial charge in [0.2, 0.25) is 5.75 Å². The van der Waals surface area contributed by atoms with E-state index in [0.717, 1.165) is 6.07 Å². The summed E-state index contributed by atoms with van der Waals surface area (Å²) in [5.74, 6) is -0.444. The molecule has 1 rings (SSSR count). The van der Waals surface area contributed by atoms with E-state index < -0.39 is 16.4 Å². The quantitative estimate of drug-likeness (QED) is 0.499. The lowest BCUT2D eigenvalue weighted by Crippen LogP contribution is -2.02. The van der Waals surface area contributed by atoms with Crippen molar-refractivity contribution in [3.05, 3.63) is 32.8 Å². The van der Waals surface area contributed by atoms with Gasteiger partial charge in [0, 0.05) is 30.7 Å². The fraction of sp³-hybridized carbons (Fsp3) is 0.222. The number of rotatable bonds is 3. The Morgan fingerprint density at radius 2 is 2.19 bits per heavy atom. The zero-order valence-corrected chi connectivity index (χ0v) is 9.47. The molecule has 1 aromatic rings. The van der Waals surface area contributed by atoms with Crippen LogP contribution in [0.25, 0.3) is 0 Å². The molecule has 1 N–H and O–H groups in total. The van der Waals surface area contributed by atoms with E-state index >= 15 is 0 Å². The van der Waals surface area contributed by atoms with Crippen molar-refractivity contribution in [2.45, 2.75) is 0 Å². The first-order chi connectivity index (χ1) is 7.41. The van der Waals surface area contributed by atoms with Gasteiger partial charge < -0.3 is 10.1 Å². The summed E-state index contributed by atoms with van der Waals surface area (Å²) in [6.45, 7) is 0. The molecule has 0 bridgehead atoms. The van der Waals surface area contributed by atoms with Crippen molar-refractivity contribution in [2.24, 2.45) is 5.10 Å². The molecule has 0 fully saturated rings. The number of nitro benzene ring substituents is 1. The molecule has 0 saturated heterocycles. The molecule has 1 aromatic carbocycles. The van der Waals surface area contributed by atoms with Gasteiger partial charge in [0.15, 0.2) is 0 Å². The number of nitro groups is 1. The molecule has 0 radical (unpaired) electrons. The van der Waals surface area contributed by atoms with Crippen LogP contribution in [0, 0.1) is 10.1 Å². The molecule has 0 heterocycles. The van der Waals surface area contributed by atoms with E-state index in [2.05, 4.69) is 5.10 Å². The number of aromatic hydroxyl groups is 1. The summed E-state index contributed by atoms with van der Waals surface area (Å²) < 4.78 is 0. The first kappa shape index (κ1) is 12.3. The van der Waals surface area contributed by atoms with Crippen LogP contribution >= 0.6 is 11.6 Å². The minimum absolute atomic E-state index is 0.171. The number of hydrogen-bond acceptors (Lipinski definition) is 5. The van der Waals surface area contributed by atoms with Crippen molar-refractivity contribution >= 4 is 23.5 Å². The van der Waals surface area contributed by atoms with Gasteiger partial charge in [0.1, 0.15) is 0 Å². The number of halogens is 1. The first-order valence-corrected chi connectivity index (χ1v) is 4.68. The maximum Gasteiger partial charge on any atom is 0.312 e. The summed E-state index contributed by atoms with van der Waals surface area (Å²) in [6.07, 6.45) is 1.30. The second-order valence-electron chi connectivity index (χ2n) is 3.21. The van der Waals surface area contributed by atoms with Crippen LogP contribution in [0.5, 0.6) is 5.75 Å². The molecular formula is C9H10ClN3O3. The first-order valence-electron chi connectivity index (χ1n) is 4.30. The number of benzene rings is 1. The minimum atomic E-state index is -0.700. The molecule has 0 spiro atoms. The van der Waals surface area contributed by atoms with Gasteiger partial charge in [-0.15, -0.1) is 0 Å². The highest BCUT2D eigenvalue weighted by molar-refractivity contribution is 6.31. The number of phenolic OH excluding ortho intramolecular Hbond substituents is 1. The number of phenols is 1. The molecule has 0 aliphatic carbocycles. The third-order valence-electron chi connectivity index (χ3n) is 1.71. The van der Waals surface area contributed by atoms with Crippen LogP contribution < -0.4 is 0 Å². The summed E-state index contributed by atoms with van der Waals surface area (Å²) in [6, 6.07) is 2.49. The average molecular weight is 244 g/mol. The third-order valence-corrected chi connectivity index (χ3v) is 1.93. The second-order valence-corrected chi connectivity index (χ2v) is 3.65. The van der Waals surface area contributed by atoms with E-state index in [9.17, 15) is 15.2 Å². The van der Waals surface area contributed by atoms with Gasteiger partial charge in [-0.25, -0.2) is 0 Å². The van der Waals surface area contributed by atoms with Gasteiger partial charge in [-0.05, 0) is 6.07 Å². The van der Waals surface area contributed by atoms with Crippen molar-refractivity contribution < 1.29 is 10.0 Å². The zero-order valence-electron chi connectivity index (χ0n) is 8.72. The average Bonchev–Trinajstić information content (AvgIpc) is 2.18. The molecule has 0 unspecified atom stereocenters. The van der Waals surface area contributed by atoms with Crippen LogP contribution in [-0.4, -0.2) is 35.3 Å². The predicted octanol–water partition coefficient (Wildman–Crippen LogP) is 1.85. The Kier molecular flexibility index (Phi) is 3.68. The maximum atomic E-state index is 10.6. The number of hydrogen-bond donors (Lipinski definition) is 1. The van der Waals surface area contributed by atoms with Gasteiger partial charge in [0.05, 0.1) is 11.1 Å². The van der Waals surface area contributed by atoms with E-state index in [1.165, 1.54) is 17.3 Å². The molecule has 0 aliphatic rings. The van der Waals surface area contributed by atoms with Crippen molar-refractivity contribution in [3.8, 4) is 5.75 Å². The smallest absolute Gasteiger partial charge is 0.312 e. The van der Waals surface area contributed by atoms with Gasteiger partial charge in [0.25, 0.3) is 0 Å². The number of hydrazone groups is 1. The largest absolute Gasteiger partial charge is 0.502 e. The Morgan fingerprint density at radius 1 is 1.56 bits per heavy atom. The lowest BCUT2D eigenvalue weighted by Gasteiger charge is -2.04. The Hall–Kier alpha value is -1.82. The van der Waals surface area contributed by atoms with E-state index in [1.807, 2.05) is 0 Å². The lowest BCUT2D eigenvalue weighted by atomic mass is 10.2. The molecule has 0 saturated carbocycles. The van der Waals surface area contributed by atoms with E-state index in [0.29, 0.717) is 0 Å². The van der Waals surface area contributed by atoms with Crippen LogP contribution in [0.3, 0.4) is 0 Å². The predicted molar refractivity (Wildman–Crippen MR) is 61.1 cm³/mol. The van der Waals surface area contributed by atoms with E-state index in [4.69, 9.17) is 11.6 Å². The van der Waals surface area contributed by atoms with Crippen LogP contribution in [0.1, 0.15) is 5.56 Å². The van der Waals surface area contributed by atoms with E-state index in [1.54, 1.807) is 14.1 Å². The fourth-order valence-electron chi connectivity index (χ4n) is 1.02. The summed E-state index contributed by atoms with van der Waals surface area (Å²) in [4.78, 5) is 9.90. The van der Waals surface area contributed by atoms with Gasteiger partial charge in [-0.2, -0.15) is 5.10 Å². The molecule has 6 nitrogen and oxygen atoms in total. The summed E-state index contributed by atoms with van der Waals surface area (Å²) in [5.41, 5.74) is -0.236. The molecule has 0 amide bonds. The van der Waals surface area contributed by atoms with Crippen LogP contribution in [0.4, 0.5) is 5.69 Å². The van der Waals surface area contributed by atoms with Gasteiger partial charge in [-0.3, -0.25) is 10.1 Å². The standard InChI is InChI=1S/C9H10ClN3O3/c1-12(2)11-5-6-3-7(10)4-8(9(6)14)13(15)16/h3-5,14H,1-2H3. The van der Waals surface area contributed by atoms with Crippen LogP contribution in [0.2, 0.25) is 5.02 Å². The summed E-state index contributed by atoms with van der Waals surface area (Å²) in [5, 5.41) is 25.7. The Bertz CT molecular complexity index is 446. The van der Waals surface area contributed by atoms with Gasteiger partial charge >= 0.3 is 5.69 Å². The normalized spacial score (nSPS) is 10.7. The molecule has 0 atom stereocenters. The van der Waals surface area contributed by atoms with Crippen LogP contribution in [-0.2, 0) is 0 Å². The molecule has 86 valence electrons. The minimum Gasteiger partial charge on any atom is -0.502 e. The molecule has 16 heavy (non-hydrogen) atoms. The SMILES string of the molecule is CN(C)N=Cc1cc(Cl)cc([N+](=O)[O-])c1O. The lowest BCUT2D eigenvalue weighted by molar-refractivity contribution is -0.385. The Labute approximate surface area is 96.9 Å². The Balaban J connectivity index is 3.24. The highest BCUT2D eigenvalue weighted by Crippen LogP contribution is 2.32. The zero-order chi connectivity index (χ0) is 12.3. The molecule has 0 aliphatic heterocycles. The highest BCUT2D eigenvalue weighted by atomic mass is 35.5. The van der Waals surface area contributed by atoms with Crippen molar-refractivity contribution in [1.29, 1.82) is 0 Å². The van der Waals surface area contributed by atoms with Crippen molar-refractivity contribution in [1.82, 2.24) is 5.01 Å². The highest BCUT2D eigenvalue weighted by Gasteiger charge is 2.17. The summed E-state index contributed by atoms with van der Waals surface area (Å²) >= 11 is 5.69. The topological polar surface area (TPSA) is 79.0 Å². The third kappa shape index (κ3) is 2.83. The molecular weight excluding hydrogens is 234 g/mol. The van der Waals surface area contributed by atoms with Crippen LogP contribution in [0.15, 0.2) is 17.2 Å².